The molecule has 0 radical (unpaired) electrons. The fourth-order valence-corrected chi connectivity index (χ4v) is 1.04. The van der Waals surface area contributed by atoms with Crippen LogP contribution in [0, 0.1) is 5.82 Å². The van der Waals surface area contributed by atoms with E-state index < -0.39 is 17.5 Å². The number of methoxy groups -OCH3 is 1. The highest BCUT2D eigenvalue weighted by Gasteiger charge is 2.15. The number of rotatable bonds is 1. The maximum atomic E-state index is 12.7. The van der Waals surface area contributed by atoms with Crippen molar-refractivity contribution in [3.63, 3.8) is 0 Å². The van der Waals surface area contributed by atoms with Gasteiger partial charge in [0.25, 0.3) is 0 Å². The second-order valence-corrected chi connectivity index (χ2v) is 2.68. The van der Waals surface area contributed by atoms with Crippen LogP contribution in [0.2, 0.25) is 5.02 Å². The zero-order chi connectivity index (χ0) is 10.0. The predicted molar refractivity (Wildman–Crippen MR) is 44.4 cm³/mol. The first-order chi connectivity index (χ1) is 6.06. The van der Waals surface area contributed by atoms with Gasteiger partial charge in [0.1, 0.15) is 17.1 Å². The normalized spacial score (nSPS) is 9.77. The van der Waals surface area contributed by atoms with Crippen LogP contribution in [0.5, 0.6) is 5.75 Å². The second kappa shape index (κ2) is 3.62. The van der Waals surface area contributed by atoms with Gasteiger partial charge >= 0.3 is 5.97 Å². The smallest absolute Gasteiger partial charge is 0.341 e. The molecule has 0 aliphatic heterocycles. The van der Waals surface area contributed by atoms with Crippen LogP contribution in [0.15, 0.2) is 12.1 Å². The molecule has 0 heterocycles. The minimum atomic E-state index is -0.834. The summed E-state index contributed by atoms with van der Waals surface area (Å²) in [5.74, 6) is -2.02. The fraction of sp³-hybridized carbons (Fsp3) is 0.125. The molecule has 0 fully saturated rings. The molecule has 5 heteroatoms. The quantitative estimate of drug-likeness (QED) is 0.712. The minimum Gasteiger partial charge on any atom is -0.505 e. The van der Waals surface area contributed by atoms with E-state index in [2.05, 4.69) is 4.74 Å². The van der Waals surface area contributed by atoms with Crippen LogP contribution in [-0.2, 0) is 4.74 Å². The van der Waals surface area contributed by atoms with E-state index >= 15 is 0 Å². The van der Waals surface area contributed by atoms with Crippen molar-refractivity contribution in [2.75, 3.05) is 7.11 Å². The summed E-state index contributed by atoms with van der Waals surface area (Å²) in [4.78, 5) is 10.9. The molecular weight excluding hydrogens is 199 g/mol. The molecule has 1 rings (SSSR count). The fourth-order valence-electron chi connectivity index (χ4n) is 0.832. The summed E-state index contributed by atoms with van der Waals surface area (Å²) in [6.45, 7) is 0. The summed E-state index contributed by atoms with van der Waals surface area (Å²) in [6.07, 6.45) is 0. The van der Waals surface area contributed by atoms with Crippen molar-refractivity contribution in [2.45, 2.75) is 0 Å². The highest BCUT2D eigenvalue weighted by Crippen LogP contribution is 2.28. The van der Waals surface area contributed by atoms with E-state index in [1.807, 2.05) is 0 Å². The highest BCUT2D eigenvalue weighted by atomic mass is 35.5. The Labute approximate surface area is 78.7 Å². The van der Waals surface area contributed by atoms with Crippen LogP contribution in [0.4, 0.5) is 4.39 Å². The van der Waals surface area contributed by atoms with Gasteiger partial charge in [0, 0.05) is 0 Å². The SMILES string of the molecule is COC(=O)c1cc(F)cc(Cl)c1O. The zero-order valence-electron chi connectivity index (χ0n) is 6.67. The molecule has 3 nitrogen and oxygen atoms in total. The van der Waals surface area contributed by atoms with E-state index in [4.69, 9.17) is 11.6 Å². The van der Waals surface area contributed by atoms with Crippen LogP contribution in [-0.4, -0.2) is 18.2 Å². The molecule has 13 heavy (non-hydrogen) atoms. The van der Waals surface area contributed by atoms with Crippen molar-refractivity contribution < 1.29 is 19.0 Å². The highest BCUT2D eigenvalue weighted by molar-refractivity contribution is 6.32. The lowest BCUT2D eigenvalue weighted by atomic mass is 10.2. The molecular formula is C8H6ClFO3. The third-order valence-electron chi connectivity index (χ3n) is 1.43. The number of ether oxygens (including phenoxy) is 1. The van der Waals surface area contributed by atoms with E-state index in [1.54, 1.807) is 0 Å². The third-order valence-corrected chi connectivity index (χ3v) is 1.72. The molecule has 0 aromatic heterocycles. The number of halogens is 2. The van der Waals surface area contributed by atoms with Gasteiger partial charge in [-0.15, -0.1) is 0 Å². The Morgan fingerprint density at radius 2 is 2.23 bits per heavy atom. The Morgan fingerprint density at radius 3 is 2.77 bits per heavy atom. The van der Waals surface area contributed by atoms with Gasteiger partial charge in [0.15, 0.2) is 0 Å². The van der Waals surface area contributed by atoms with Gasteiger partial charge in [-0.25, -0.2) is 9.18 Å². The standard InChI is InChI=1S/C8H6ClFO3/c1-13-8(12)5-2-4(10)3-6(9)7(5)11/h2-3,11H,1H3. The summed E-state index contributed by atoms with van der Waals surface area (Å²) in [7, 11) is 1.13. The molecule has 0 aliphatic carbocycles. The maximum absolute atomic E-state index is 12.7. The Bertz CT molecular complexity index is 351. The van der Waals surface area contributed by atoms with E-state index in [9.17, 15) is 14.3 Å². The molecule has 0 aliphatic rings. The molecule has 0 saturated heterocycles. The Kier molecular flexibility index (Phi) is 2.72. The molecule has 1 N–H and O–H groups in total. The van der Waals surface area contributed by atoms with E-state index in [0.29, 0.717) is 0 Å². The van der Waals surface area contributed by atoms with Crippen LogP contribution in [0.25, 0.3) is 0 Å². The molecule has 0 spiro atoms. The zero-order valence-corrected chi connectivity index (χ0v) is 7.43. The topological polar surface area (TPSA) is 46.5 Å². The Hall–Kier alpha value is -1.29. The number of esters is 1. The van der Waals surface area contributed by atoms with Crippen molar-refractivity contribution in [2.24, 2.45) is 0 Å². The van der Waals surface area contributed by atoms with Crippen molar-refractivity contribution in [1.82, 2.24) is 0 Å². The van der Waals surface area contributed by atoms with Crippen LogP contribution >= 0.6 is 11.6 Å². The van der Waals surface area contributed by atoms with Gasteiger partial charge in [-0.05, 0) is 12.1 Å². The van der Waals surface area contributed by atoms with Crippen molar-refractivity contribution in [3.05, 3.63) is 28.5 Å². The lowest BCUT2D eigenvalue weighted by Gasteiger charge is -2.03. The monoisotopic (exact) mass is 204 g/mol. The number of aromatic hydroxyl groups is 1. The van der Waals surface area contributed by atoms with Gasteiger partial charge in [0.2, 0.25) is 0 Å². The molecule has 1 aromatic carbocycles. The largest absolute Gasteiger partial charge is 0.505 e. The molecule has 0 amide bonds. The first kappa shape index (κ1) is 9.80. The van der Waals surface area contributed by atoms with Crippen molar-refractivity contribution in [1.29, 1.82) is 0 Å². The molecule has 0 saturated carbocycles. The van der Waals surface area contributed by atoms with Crippen LogP contribution in [0.1, 0.15) is 10.4 Å². The van der Waals surface area contributed by atoms with Crippen LogP contribution < -0.4 is 0 Å². The van der Waals surface area contributed by atoms with Gasteiger partial charge < -0.3 is 9.84 Å². The molecule has 0 bridgehead atoms. The molecule has 70 valence electrons. The van der Waals surface area contributed by atoms with E-state index in [0.717, 1.165) is 19.2 Å². The number of carbonyl (C=O) groups excluding carboxylic acids is 1. The molecule has 1 aromatic rings. The number of hydrogen-bond acceptors (Lipinski definition) is 3. The second-order valence-electron chi connectivity index (χ2n) is 2.28. The number of phenolic OH excluding ortho intramolecular Hbond substituents is 1. The van der Waals surface area contributed by atoms with Crippen LogP contribution in [0.3, 0.4) is 0 Å². The number of carbonyl (C=O) groups is 1. The summed E-state index contributed by atoms with van der Waals surface area (Å²) >= 11 is 5.42. The summed E-state index contributed by atoms with van der Waals surface area (Å²) < 4.78 is 17.0. The molecule has 0 atom stereocenters. The lowest BCUT2D eigenvalue weighted by molar-refractivity contribution is 0.0597. The lowest BCUT2D eigenvalue weighted by Crippen LogP contribution is -2.02. The number of benzene rings is 1. The minimum absolute atomic E-state index is 0.222. The van der Waals surface area contributed by atoms with E-state index in [1.165, 1.54) is 0 Å². The van der Waals surface area contributed by atoms with Crippen molar-refractivity contribution in [3.8, 4) is 5.75 Å². The first-order valence-corrected chi connectivity index (χ1v) is 3.70. The number of phenols is 1. The molecule has 0 unspecified atom stereocenters. The summed E-state index contributed by atoms with van der Waals surface area (Å²) in [6, 6.07) is 1.76. The maximum Gasteiger partial charge on any atom is 0.341 e. The van der Waals surface area contributed by atoms with Gasteiger partial charge in [0.05, 0.1) is 12.1 Å². The summed E-state index contributed by atoms with van der Waals surface area (Å²) in [5.41, 5.74) is -0.285. The van der Waals surface area contributed by atoms with E-state index in [-0.39, 0.29) is 10.6 Å². The van der Waals surface area contributed by atoms with Gasteiger partial charge in [-0.1, -0.05) is 11.6 Å². The Balaban J connectivity index is 3.28. The predicted octanol–water partition coefficient (Wildman–Crippen LogP) is 1.97. The summed E-state index contributed by atoms with van der Waals surface area (Å²) in [5, 5.41) is 9.00. The van der Waals surface area contributed by atoms with Crippen molar-refractivity contribution >= 4 is 17.6 Å². The average Bonchev–Trinajstić information content (AvgIpc) is 2.10. The van der Waals surface area contributed by atoms with Gasteiger partial charge in [-0.2, -0.15) is 0 Å². The number of hydrogen-bond donors (Lipinski definition) is 1. The Morgan fingerprint density at radius 1 is 1.62 bits per heavy atom. The van der Waals surface area contributed by atoms with Gasteiger partial charge in [-0.3, -0.25) is 0 Å². The average molecular weight is 205 g/mol. The third kappa shape index (κ3) is 1.89. The first-order valence-electron chi connectivity index (χ1n) is 3.32.